The van der Waals surface area contributed by atoms with Gasteiger partial charge >= 0.3 is 0 Å². The molecular formula is C37H37NS. The van der Waals surface area contributed by atoms with Crippen molar-refractivity contribution in [3.8, 4) is 5.69 Å². The number of para-hydroxylation sites is 3. The number of hydrogen-bond donors (Lipinski definition) is 0. The fourth-order valence-electron chi connectivity index (χ4n) is 4.61. The molecule has 39 heavy (non-hydrogen) atoms. The van der Waals surface area contributed by atoms with Crippen LogP contribution in [0.3, 0.4) is 0 Å². The molecule has 7 aromatic rings. The fourth-order valence-corrected chi connectivity index (χ4v) is 5.82. The second-order valence-corrected chi connectivity index (χ2v) is 10.1. The van der Waals surface area contributed by atoms with Gasteiger partial charge < -0.3 is 4.57 Å². The summed E-state index contributed by atoms with van der Waals surface area (Å²) in [5.74, 6) is 0. The lowest BCUT2D eigenvalue weighted by atomic mass is 10.1. The summed E-state index contributed by atoms with van der Waals surface area (Å²) in [6.45, 7) is 10.1. The summed E-state index contributed by atoms with van der Waals surface area (Å²) < 4.78 is 5.10. The summed E-state index contributed by atoms with van der Waals surface area (Å²) in [4.78, 5) is 0. The van der Waals surface area contributed by atoms with Gasteiger partial charge in [-0.25, -0.2) is 0 Å². The molecule has 0 amide bonds. The SMILES string of the molecule is C/C=C\C.CC.Cc1ccc2c(c1)sc1ccccc12.c1ccc(-n2c3ccccc3c3ccccc32)cc1. The zero-order chi connectivity index (χ0) is 27.6. The predicted octanol–water partition coefficient (Wildman–Crippen LogP) is 11.8. The molecule has 1 nitrogen and oxygen atoms in total. The first-order valence-corrected chi connectivity index (χ1v) is 14.5. The monoisotopic (exact) mass is 527 g/mol. The Balaban J connectivity index is 0.000000156. The maximum Gasteiger partial charge on any atom is 0.0541 e. The number of rotatable bonds is 1. The van der Waals surface area contributed by atoms with E-state index in [1.807, 2.05) is 51.2 Å². The van der Waals surface area contributed by atoms with Crippen LogP contribution in [-0.2, 0) is 0 Å². The van der Waals surface area contributed by atoms with Crippen molar-refractivity contribution in [1.29, 1.82) is 0 Å². The fraction of sp³-hybridized carbons (Fsp3) is 0.135. The Morgan fingerprint density at radius 3 is 1.59 bits per heavy atom. The second kappa shape index (κ2) is 13.6. The summed E-state index contributed by atoms with van der Waals surface area (Å²) in [7, 11) is 0. The van der Waals surface area contributed by atoms with Crippen LogP contribution in [0.5, 0.6) is 0 Å². The highest BCUT2D eigenvalue weighted by Gasteiger charge is 2.10. The molecule has 2 aromatic heterocycles. The Morgan fingerprint density at radius 1 is 0.513 bits per heavy atom. The number of allylic oxidation sites excluding steroid dienone is 2. The molecule has 5 aromatic carbocycles. The lowest BCUT2D eigenvalue weighted by Crippen LogP contribution is -1.92. The van der Waals surface area contributed by atoms with Gasteiger partial charge in [0, 0.05) is 36.6 Å². The molecule has 0 aliphatic heterocycles. The third kappa shape index (κ3) is 6.13. The highest BCUT2D eigenvalue weighted by atomic mass is 32.1. The smallest absolute Gasteiger partial charge is 0.0541 e. The average molecular weight is 528 g/mol. The number of nitrogens with zero attached hydrogens (tertiary/aromatic N) is 1. The maximum atomic E-state index is 2.32. The minimum absolute atomic E-state index is 1.21. The third-order valence-corrected chi connectivity index (χ3v) is 7.60. The Labute approximate surface area is 236 Å². The van der Waals surface area contributed by atoms with Crippen molar-refractivity contribution in [3.05, 3.63) is 139 Å². The molecule has 196 valence electrons. The summed E-state index contributed by atoms with van der Waals surface area (Å²) in [5.41, 5.74) is 5.06. The van der Waals surface area contributed by atoms with Gasteiger partial charge in [0.1, 0.15) is 0 Å². The summed E-state index contributed by atoms with van der Waals surface area (Å²) in [5, 5.41) is 5.38. The molecule has 0 bridgehead atoms. The summed E-state index contributed by atoms with van der Waals surface area (Å²) in [6, 6.07) is 42.9. The van der Waals surface area contributed by atoms with Crippen LogP contribution in [0.4, 0.5) is 0 Å². The van der Waals surface area contributed by atoms with E-state index in [0.29, 0.717) is 0 Å². The maximum absolute atomic E-state index is 2.32. The summed E-state index contributed by atoms with van der Waals surface area (Å²) >= 11 is 1.88. The molecule has 0 aliphatic rings. The van der Waals surface area contributed by atoms with Gasteiger partial charge in [0.05, 0.1) is 11.0 Å². The van der Waals surface area contributed by atoms with Crippen LogP contribution in [0, 0.1) is 6.92 Å². The third-order valence-electron chi connectivity index (χ3n) is 6.46. The minimum atomic E-state index is 1.21. The molecule has 7 rings (SSSR count). The van der Waals surface area contributed by atoms with E-state index in [9.17, 15) is 0 Å². The molecule has 0 saturated heterocycles. The normalized spacial score (nSPS) is 10.6. The van der Waals surface area contributed by atoms with Gasteiger partial charge in [-0.2, -0.15) is 0 Å². The van der Waals surface area contributed by atoms with Crippen molar-refractivity contribution in [3.63, 3.8) is 0 Å². The van der Waals surface area contributed by atoms with E-state index < -0.39 is 0 Å². The van der Waals surface area contributed by atoms with Crippen LogP contribution in [-0.4, -0.2) is 4.57 Å². The highest BCUT2D eigenvalue weighted by molar-refractivity contribution is 7.25. The number of thiophene rings is 1. The van der Waals surface area contributed by atoms with E-state index in [-0.39, 0.29) is 0 Å². The Hall–Kier alpha value is -4.14. The molecule has 0 aliphatic carbocycles. The highest BCUT2D eigenvalue weighted by Crippen LogP contribution is 2.34. The van der Waals surface area contributed by atoms with Crippen molar-refractivity contribution in [2.24, 2.45) is 0 Å². The van der Waals surface area contributed by atoms with Crippen molar-refractivity contribution >= 4 is 53.3 Å². The topological polar surface area (TPSA) is 4.93 Å². The van der Waals surface area contributed by atoms with E-state index in [2.05, 4.69) is 133 Å². The van der Waals surface area contributed by atoms with Gasteiger partial charge in [0.15, 0.2) is 0 Å². The lowest BCUT2D eigenvalue weighted by Gasteiger charge is -2.06. The van der Waals surface area contributed by atoms with Gasteiger partial charge in [-0.05, 0) is 62.7 Å². The number of aryl methyl sites for hydroxylation is 1. The molecule has 0 atom stereocenters. The Bertz CT molecular complexity index is 1740. The van der Waals surface area contributed by atoms with Crippen LogP contribution < -0.4 is 0 Å². The predicted molar refractivity (Wildman–Crippen MR) is 177 cm³/mol. The van der Waals surface area contributed by atoms with Gasteiger partial charge in [-0.1, -0.05) is 111 Å². The first-order valence-electron chi connectivity index (χ1n) is 13.7. The van der Waals surface area contributed by atoms with E-state index in [1.54, 1.807) is 0 Å². The molecule has 0 radical (unpaired) electrons. The van der Waals surface area contributed by atoms with Gasteiger partial charge in [0.25, 0.3) is 0 Å². The Kier molecular flexibility index (Phi) is 9.72. The average Bonchev–Trinajstić information content (AvgIpc) is 3.54. The van der Waals surface area contributed by atoms with E-state index in [0.717, 1.165) is 0 Å². The van der Waals surface area contributed by atoms with Gasteiger partial charge in [-0.3, -0.25) is 0 Å². The second-order valence-electron chi connectivity index (χ2n) is 8.97. The van der Waals surface area contributed by atoms with Crippen LogP contribution >= 0.6 is 11.3 Å². The van der Waals surface area contributed by atoms with Crippen molar-refractivity contribution in [2.45, 2.75) is 34.6 Å². The standard InChI is InChI=1S/C18H13N.C13H10S.C4H8.C2H6/c1-2-8-14(9-3-1)19-17-12-6-4-10-15(17)16-11-5-7-13-18(16)19;1-9-6-7-11-10-4-2-3-5-12(10)14-13(11)8-9;1-3-4-2;1-2/h1-13H;2-8H,1H3;3-4H,1-2H3;1-2H3/b;;4-3-;. The van der Waals surface area contributed by atoms with Gasteiger partial charge in [0.2, 0.25) is 0 Å². The van der Waals surface area contributed by atoms with Crippen molar-refractivity contribution < 1.29 is 0 Å². The largest absolute Gasteiger partial charge is 0.309 e. The van der Waals surface area contributed by atoms with Crippen molar-refractivity contribution in [2.75, 3.05) is 0 Å². The van der Waals surface area contributed by atoms with E-state index in [4.69, 9.17) is 0 Å². The molecule has 2 heterocycles. The molecule has 0 N–H and O–H groups in total. The Morgan fingerprint density at radius 2 is 1.00 bits per heavy atom. The molecule has 0 saturated carbocycles. The number of aromatic nitrogens is 1. The molecule has 0 spiro atoms. The van der Waals surface area contributed by atoms with Crippen LogP contribution in [0.1, 0.15) is 33.3 Å². The number of benzene rings is 5. The molecular weight excluding hydrogens is 490 g/mol. The van der Waals surface area contributed by atoms with Gasteiger partial charge in [-0.15, -0.1) is 11.3 Å². The number of hydrogen-bond acceptors (Lipinski definition) is 1. The number of fused-ring (bicyclic) bond motifs is 6. The molecule has 2 heteroatoms. The van der Waals surface area contributed by atoms with Crippen molar-refractivity contribution in [1.82, 2.24) is 4.57 Å². The molecule has 0 unspecified atom stereocenters. The lowest BCUT2D eigenvalue weighted by molar-refractivity contribution is 1.18. The molecule has 0 fully saturated rings. The summed E-state index contributed by atoms with van der Waals surface area (Å²) in [6.07, 6.45) is 4.00. The van der Waals surface area contributed by atoms with Crippen LogP contribution in [0.2, 0.25) is 0 Å². The first-order chi connectivity index (χ1) is 19.2. The van der Waals surface area contributed by atoms with Crippen LogP contribution in [0.25, 0.3) is 47.7 Å². The zero-order valence-electron chi connectivity index (χ0n) is 23.6. The van der Waals surface area contributed by atoms with Crippen LogP contribution in [0.15, 0.2) is 133 Å². The minimum Gasteiger partial charge on any atom is -0.309 e. The zero-order valence-corrected chi connectivity index (χ0v) is 24.4. The quantitative estimate of drug-likeness (QED) is 0.187. The van der Waals surface area contributed by atoms with E-state index in [1.165, 1.54) is 53.2 Å². The first kappa shape index (κ1) is 27.9. The van der Waals surface area contributed by atoms with E-state index >= 15 is 0 Å².